The first-order valence-electron chi connectivity index (χ1n) is 42.0. The van der Waals surface area contributed by atoms with Crippen molar-refractivity contribution in [2.45, 2.75) is 282 Å². The van der Waals surface area contributed by atoms with Crippen molar-refractivity contribution in [2.24, 2.45) is 0 Å². The Hall–Kier alpha value is -9.68. The zero-order chi connectivity index (χ0) is 79.0. The highest BCUT2D eigenvalue weighted by Gasteiger charge is 2.43. The van der Waals surface area contributed by atoms with Crippen LogP contribution in [0.2, 0.25) is 0 Å². The van der Waals surface area contributed by atoms with E-state index < -0.39 is 0 Å². The zero-order valence-electron chi connectivity index (χ0n) is 71.0. The molecule has 8 heterocycles. The topological polar surface area (TPSA) is 77.5 Å². The van der Waals surface area contributed by atoms with Crippen molar-refractivity contribution in [3.05, 3.63) is 250 Å². The molecule has 6 aliphatic rings. The Balaban J connectivity index is 0.000000130. The lowest BCUT2D eigenvalue weighted by molar-refractivity contribution is 0.400. The average molecular weight is 1480 g/mol. The van der Waals surface area contributed by atoms with Gasteiger partial charge < -0.3 is 39.2 Å². The number of aryl methyl sites for hydroxylation is 6. The Bertz CT molecular complexity index is 4840. The summed E-state index contributed by atoms with van der Waals surface area (Å²) < 4.78 is 0. The number of hydrogen-bond donors (Lipinski definition) is 0. The largest absolute Gasteiger partial charge is 0.346 e. The van der Waals surface area contributed by atoms with Crippen LogP contribution in [-0.2, 0) is 0 Å². The number of anilines is 14. The molecule has 4 atom stereocenters. The molecule has 16 rings (SSSR count). The maximum absolute atomic E-state index is 4.82. The van der Waals surface area contributed by atoms with Crippen molar-refractivity contribution in [1.29, 1.82) is 0 Å². The van der Waals surface area contributed by atoms with E-state index in [2.05, 4.69) is 368 Å². The summed E-state index contributed by atoms with van der Waals surface area (Å²) in [7, 11) is 0. The van der Waals surface area contributed by atoms with Gasteiger partial charge in [-0.3, -0.25) is 19.9 Å². The van der Waals surface area contributed by atoms with Crippen molar-refractivity contribution in [1.82, 2.24) is 19.9 Å². The van der Waals surface area contributed by atoms with Gasteiger partial charge >= 0.3 is 0 Å². The second-order valence-corrected chi connectivity index (χ2v) is 34.3. The molecule has 0 amide bonds. The monoisotopic (exact) mass is 1480 g/mol. The molecule has 0 unspecified atom stereocenters. The molecule has 12 nitrogen and oxygen atoms in total. The van der Waals surface area contributed by atoms with Crippen molar-refractivity contribution in [2.75, 3.05) is 39.2 Å². The van der Waals surface area contributed by atoms with E-state index in [-0.39, 0.29) is 12.3 Å². The minimum atomic E-state index is 0.148. The summed E-state index contributed by atoms with van der Waals surface area (Å²) in [5, 5.41) is 0. The van der Waals surface area contributed by atoms with E-state index in [1.54, 1.807) is 0 Å². The number of para-hydroxylation sites is 10. The van der Waals surface area contributed by atoms with Gasteiger partial charge in [0.1, 0.15) is 24.7 Å². The summed E-state index contributed by atoms with van der Waals surface area (Å²) in [5.41, 5.74) is 33.2. The maximum atomic E-state index is 4.82. The number of aromatic nitrogens is 4. The number of hydrogen-bond acceptors (Lipinski definition) is 12. The normalized spacial score (nSPS) is 18.1. The lowest BCUT2D eigenvalue weighted by Crippen LogP contribution is -2.45. The summed E-state index contributed by atoms with van der Waals surface area (Å²) in [6.07, 6.45) is 21.4. The molecular formula is C99H126N12. The van der Waals surface area contributed by atoms with Gasteiger partial charge in [0.25, 0.3) is 0 Å². The fourth-order valence-electron chi connectivity index (χ4n) is 18.6. The number of rotatable bonds is 14. The highest BCUT2D eigenvalue weighted by atomic mass is 15.5. The molecule has 2 aliphatic carbocycles. The van der Waals surface area contributed by atoms with Gasteiger partial charge in [0.2, 0.25) is 0 Å². The summed E-state index contributed by atoms with van der Waals surface area (Å²) in [5.74, 6) is 2.68. The summed E-state index contributed by atoms with van der Waals surface area (Å²) in [6.45, 7) is 49.3. The van der Waals surface area contributed by atoms with Crippen LogP contribution in [0.4, 0.5) is 79.6 Å². The van der Waals surface area contributed by atoms with Gasteiger partial charge in [0.15, 0.2) is 0 Å². The maximum Gasteiger partial charge on any atom is 0.108 e. The molecule has 111 heavy (non-hydrogen) atoms. The predicted molar refractivity (Wildman–Crippen MR) is 473 cm³/mol. The molecule has 2 saturated carbocycles. The van der Waals surface area contributed by atoms with Crippen LogP contribution >= 0.6 is 0 Å². The van der Waals surface area contributed by atoms with Crippen molar-refractivity contribution < 1.29 is 0 Å². The van der Waals surface area contributed by atoms with Gasteiger partial charge in [-0.25, -0.2) is 0 Å². The predicted octanol–water partition coefficient (Wildman–Crippen LogP) is 27.1. The molecule has 4 aromatic heterocycles. The molecule has 582 valence electrons. The smallest absolute Gasteiger partial charge is 0.108 e. The van der Waals surface area contributed by atoms with Crippen molar-refractivity contribution in [3.8, 4) is 0 Å². The van der Waals surface area contributed by atoms with Crippen molar-refractivity contribution in [3.63, 3.8) is 0 Å². The van der Waals surface area contributed by atoms with E-state index >= 15 is 0 Å². The summed E-state index contributed by atoms with van der Waals surface area (Å²) in [4.78, 5) is 39.3. The summed E-state index contributed by atoms with van der Waals surface area (Å²) >= 11 is 0. The molecule has 0 bridgehead atoms. The Morgan fingerprint density at radius 3 is 0.793 bits per heavy atom. The third-order valence-electron chi connectivity index (χ3n) is 24.5. The molecule has 0 radical (unpaired) electrons. The minimum Gasteiger partial charge on any atom is -0.346 e. The van der Waals surface area contributed by atoms with Crippen LogP contribution in [0.5, 0.6) is 0 Å². The van der Waals surface area contributed by atoms with E-state index in [1.807, 2.05) is 6.20 Å². The Labute approximate surface area is 667 Å². The molecule has 2 fully saturated rings. The second-order valence-electron chi connectivity index (χ2n) is 34.3. The lowest BCUT2D eigenvalue weighted by Gasteiger charge is -2.38. The van der Waals surface area contributed by atoms with Crippen LogP contribution in [0.3, 0.4) is 0 Å². The third-order valence-corrected chi connectivity index (χ3v) is 24.5. The van der Waals surface area contributed by atoms with Gasteiger partial charge in [0.05, 0.1) is 98.7 Å². The minimum absolute atomic E-state index is 0.148. The first-order valence-corrected chi connectivity index (χ1v) is 42.0. The van der Waals surface area contributed by atoms with E-state index in [9.17, 15) is 0 Å². The Kier molecular flexibility index (Phi) is 24.1. The molecule has 12 heteroatoms. The third kappa shape index (κ3) is 15.6. The molecule has 0 N–H and O–H groups in total. The van der Waals surface area contributed by atoms with E-state index in [0.29, 0.717) is 59.9 Å². The van der Waals surface area contributed by atoms with Crippen LogP contribution in [-0.4, -0.2) is 56.7 Å². The zero-order valence-corrected chi connectivity index (χ0v) is 71.0. The average Bonchev–Trinajstić information content (AvgIpc) is 1.61. The highest BCUT2D eigenvalue weighted by Crippen LogP contribution is 2.55. The molecule has 6 aromatic carbocycles. The van der Waals surface area contributed by atoms with E-state index in [4.69, 9.17) is 19.9 Å². The molecule has 0 spiro atoms. The second kappa shape index (κ2) is 33.7. The number of pyridine rings is 4. The van der Waals surface area contributed by atoms with Gasteiger partial charge in [-0.05, 0) is 248 Å². The standard InChI is InChI=1S/C29H37N3.C25H29N3.C23H31N3.C22H29N3/c1-18(2)23-12-11-13-24(19(3)4)29(23)32-22(8)31(26-14-9-10-15-27(26)32)28-17-30-25(20(5)6)16-21(28)7;1-16(2)21-14-19(5)24(15-26-21)27-20(6)28(23-13-8-7-12-22(23)27)25-17(3)10-9-11-18(25)4;1-16(2)20-14-17(3)23(15-24-20)26-18(4)25(19-10-6-5-7-11-19)21-12-8-9-13-22(21)26;1-15(2)19-13-16(3)22(14-23-19)25-17(4)24(18-9-5-6-10-18)20-11-7-8-12-21(20)25/h9-20,22H,1-8H3;7-16,20H,1-6H3;8-9,12-16,18-19H,5-7,10-11H2,1-4H3;7-8,11-15,17-18H,5-6,9-10H2,1-4H3/t22-;20-;18-;17-/m0011/s1. The van der Waals surface area contributed by atoms with E-state index in [0.717, 1.165) is 11.4 Å². The highest BCUT2D eigenvalue weighted by molar-refractivity contribution is 5.93. The fourth-order valence-corrected chi connectivity index (χ4v) is 18.6. The first-order chi connectivity index (χ1) is 53.3. The van der Waals surface area contributed by atoms with Gasteiger partial charge in [0, 0.05) is 40.5 Å². The fraction of sp³-hybridized carbons (Fsp3) is 0.434. The SMILES string of the molecule is Cc1cc(C(C)C)ncc1N1c2ccccc2N(C2CCCC2)[C@H]1C.Cc1cc(C(C)C)ncc1N1c2ccccc2N(C2CCCCC2)[C@H]1C.Cc1cc(C(C)C)ncc1N1c2ccccc2N(c2c(C(C)C)cccc2C(C)C)[C@H]1C.Cc1cc(C(C)C)ncc1N1c2ccccc2N(c2c(C)cccc2C)[C@H]1C. The number of benzene rings is 6. The van der Waals surface area contributed by atoms with Gasteiger partial charge in [-0.2, -0.15) is 0 Å². The Morgan fingerprint density at radius 1 is 0.252 bits per heavy atom. The molecular weight excluding hydrogens is 1360 g/mol. The number of nitrogens with zero attached hydrogens (tertiary/aromatic N) is 12. The molecule has 4 aliphatic heterocycles. The molecule has 0 saturated heterocycles. The van der Waals surface area contributed by atoms with Crippen LogP contribution < -0.4 is 39.2 Å². The van der Waals surface area contributed by atoms with E-state index in [1.165, 1.54) is 193 Å². The van der Waals surface area contributed by atoms with Gasteiger partial charge in [-0.15, -0.1) is 0 Å². The Morgan fingerprint density at radius 2 is 0.505 bits per heavy atom. The lowest BCUT2D eigenvalue weighted by atomic mass is 9.91. The van der Waals surface area contributed by atoms with Crippen molar-refractivity contribution >= 4 is 79.6 Å². The summed E-state index contributed by atoms with van der Waals surface area (Å²) in [6, 6.07) is 59.0. The molecule has 10 aromatic rings. The van der Waals surface area contributed by atoms with Crippen LogP contribution in [0.25, 0.3) is 0 Å². The quantitative estimate of drug-likeness (QED) is 0.104. The number of fused-ring (bicyclic) bond motifs is 4. The van der Waals surface area contributed by atoms with Crippen LogP contribution in [0.15, 0.2) is 183 Å². The van der Waals surface area contributed by atoms with Gasteiger partial charge in [-0.1, -0.05) is 200 Å². The van der Waals surface area contributed by atoms with Crippen LogP contribution in [0, 0.1) is 41.5 Å². The first kappa shape index (κ1) is 79.4. The van der Waals surface area contributed by atoms with Crippen LogP contribution in [0.1, 0.15) is 271 Å².